The highest BCUT2D eigenvalue weighted by atomic mass is 79.9. The summed E-state index contributed by atoms with van der Waals surface area (Å²) in [6, 6.07) is 9.33. The van der Waals surface area contributed by atoms with Gasteiger partial charge in [0.25, 0.3) is 0 Å². The summed E-state index contributed by atoms with van der Waals surface area (Å²) in [5.41, 5.74) is 2.48. The maximum Gasteiger partial charge on any atom is 0.129 e. The van der Waals surface area contributed by atoms with Crippen molar-refractivity contribution in [3.8, 4) is 0 Å². The van der Waals surface area contributed by atoms with Crippen LogP contribution in [0.4, 0.5) is 8.78 Å². The maximum absolute atomic E-state index is 13.6. The quantitative estimate of drug-likeness (QED) is 0.635. The molecule has 0 aromatic heterocycles. The van der Waals surface area contributed by atoms with Crippen molar-refractivity contribution in [3.63, 3.8) is 0 Å². The van der Waals surface area contributed by atoms with Crippen molar-refractivity contribution in [3.05, 3.63) is 69.7 Å². The number of benzene rings is 2. The SMILES string of the molecule is Cc1cc(C(Br)Cc2ccc(F)cc2F)ccc1Cl. The van der Waals surface area contributed by atoms with Crippen LogP contribution in [0.5, 0.6) is 0 Å². The van der Waals surface area contributed by atoms with Gasteiger partial charge in [0.2, 0.25) is 0 Å². The molecule has 0 bridgehead atoms. The molecule has 0 spiro atoms. The highest BCUT2D eigenvalue weighted by molar-refractivity contribution is 9.09. The third kappa shape index (κ3) is 3.54. The molecule has 0 aliphatic carbocycles. The van der Waals surface area contributed by atoms with E-state index in [0.717, 1.165) is 17.2 Å². The van der Waals surface area contributed by atoms with Crippen molar-refractivity contribution in [1.29, 1.82) is 0 Å². The number of hydrogen-bond acceptors (Lipinski definition) is 0. The molecule has 0 saturated heterocycles. The van der Waals surface area contributed by atoms with E-state index in [-0.39, 0.29) is 4.83 Å². The van der Waals surface area contributed by atoms with Crippen molar-refractivity contribution in [2.75, 3.05) is 0 Å². The van der Waals surface area contributed by atoms with Crippen molar-refractivity contribution in [1.82, 2.24) is 0 Å². The van der Waals surface area contributed by atoms with Crippen LogP contribution in [0.15, 0.2) is 36.4 Å². The van der Waals surface area contributed by atoms with Crippen LogP contribution in [0, 0.1) is 18.6 Å². The van der Waals surface area contributed by atoms with Gasteiger partial charge in [-0.15, -0.1) is 0 Å². The minimum Gasteiger partial charge on any atom is -0.207 e. The summed E-state index contributed by atoms with van der Waals surface area (Å²) >= 11 is 9.50. The lowest BCUT2D eigenvalue weighted by Gasteiger charge is -2.12. The number of aryl methyl sites for hydroxylation is 1. The first-order valence-electron chi connectivity index (χ1n) is 5.81. The average Bonchev–Trinajstić information content (AvgIpc) is 2.36. The Morgan fingerprint density at radius 3 is 2.53 bits per heavy atom. The Kier molecular flexibility index (Phi) is 4.58. The second-order valence-corrected chi connectivity index (χ2v) is 5.93. The largest absolute Gasteiger partial charge is 0.207 e. The summed E-state index contributed by atoms with van der Waals surface area (Å²) < 4.78 is 26.4. The van der Waals surface area contributed by atoms with E-state index in [1.54, 1.807) is 0 Å². The Hall–Kier alpha value is -0.930. The molecule has 0 heterocycles. The zero-order valence-corrected chi connectivity index (χ0v) is 12.6. The van der Waals surface area contributed by atoms with Gasteiger partial charge >= 0.3 is 0 Å². The molecule has 0 aliphatic heterocycles. The minimum absolute atomic E-state index is 0.0385. The second kappa shape index (κ2) is 6.02. The van der Waals surface area contributed by atoms with E-state index in [9.17, 15) is 8.78 Å². The van der Waals surface area contributed by atoms with Crippen LogP contribution in [0.3, 0.4) is 0 Å². The third-order valence-corrected chi connectivity index (χ3v) is 4.23. The number of halogens is 4. The van der Waals surface area contributed by atoms with Gasteiger partial charge in [0.05, 0.1) is 0 Å². The molecule has 2 aromatic carbocycles. The van der Waals surface area contributed by atoms with Crippen LogP contribution < -0.4 is 0 Å². The summed E-state index contributed by atoms with van der Waals surface area (Å²) in [5, 5.41) is 0.705. The van der Waals surface area contributed by atoms with E-state index in [0.29, 0.717) is 17.0 Å². The van der Waals surface area contributed by atoms with Crippen LogP contribution in [0.1, 0.15) is 21.5 Å². The van der Waals surface area contributed by atoms with Crippen molar-refractivity contribution < 1.29 is 8.78 Å². The van der Waals surface area contributed by atoms with Crippen LogP contribution >= 0.6 is 27.5 Å². The van der Waals surface area contributed by atoms with Gasteiger partial charge in [-0.25, -0.2) is 8.78 Å². The summed E-state index contributed by atoms with van der Waals surface area (Å²) in [5.74, 6) is -1.08. The molecule has 100 valence electrons. The van der Waals surface area contributed by atoms with E-state index in [1.165, 1.54) is 12.1 Å². The number of rotatable bonds is 3. The molecule has 0 saturated carbocycles. The first-order valence-corrected chi connectivity index (χ1v) is 7.11. The monoisotopic (exact) mass is 344 g/mol. The zero-order chi connectivity index (χ0) is 14.0. The average molecular weight is 346 g/mol. The van der Waals surface area contributed by atoms with E-state index < -0.39 is 11.6 Å². The Morgan fingerprint density at radius 2 is 1.89 bits per heavy atom. The highest BCUT2D eigenvalue weighted by Gasteiger charge is 2.13. The lowest BCUT2D eigenvalue weighted by atomic mass is 10.0. The topological polar surface area (TPSA) is 0 Å². The molecular formula is C15H12BrClF2. The van der Waals surface area contributed by atoms with Crippen molar-refractivity contribution in [2.24, 2.45) is 0 Å². The Bertz CT molecular complexity index is 599. The molecule has 0 nitrogen and oxygen atoms in total. The van der Waals surface area contributed by atoms with E-state index in [1.807, 2.05) is 25.1 Å². The second-order valence-electron chi connectivity index (χ2n) is 4.42. The predicted octanol–water partition coefficient (Wildman–Crippen LogP) is 5.61. The molecule has 0 aliphatic rings. The van der Waals surface area contributed by atoms with Crippen LogP contribution in [-0.4, -0.2) is 0 Å². The van der Waals surface area contributed by atoms with Crippen LogP contribution in [0.2, 0.25) is 5.02 Å². The first-order chi connectivity index (χ1) is 8.97. The molecule has 0 N–H and O–H groups in total. The molecule has 0 radical (unpaired) electrons. The molecule has 0 fully saturated rings. The summed E-state index contributed by atoms with van der Waals surface area (Å²) in [6.45, 7) is 1.92. The maximum atomic E-state index is 13.6. The normalized spacial score (nSPS) is 12.5. The number of alkyl halides is 1. The fraction of sp³-hybridized carbons (Fsp3) is 0.200. The molecule has 1 atom stereocenters. The van der Waals surface area contributed by atoms with Crippen molar-refractivity contribution >= 4 is 27.5 Å². The fourth-order valence-corrected chi connectivity index (χ4v) is 2.61. The minimum atomic E-state index is -0.560. The van der Waals surface area contributed by atoms with E-state index in [4.69, 9.17) is 11.6 Å². The molecule has 19 heavy (non-hydrogen) atoms. The van der Waals surface area contributed by atoms with Gasteiger partial charge in [-0.1, -0.05) is 45.7 Å². The van der Waals surface area contributed by atoms with Gasteiger partial charge in [-0.05, 0) is 42.2 Å². The standard InChI is InChI=1S/C15H12BrClF2/c1-9-6-10(3-5-14(9)17)13(16)7-11-2-4-12(18)8-15(11)19/h2-6,8,13H,7H2,1H3. The lowest BCUT2D eigenvalue weighted by molar-refractivity contribution is 0.571. The molecule has 0 amide bonds. The van der Waals surface area contributed by atoms with Gasteiger partial charge in [-0.2, -0.15) is 0 Å². The highest BCUT2D eigenvalue weighted by Crippen LogP contribution is 2.30. The van der Waals surface area contributed by atoms with Gasteiger partial charge < -0.3 is 0 Å². The van der Waals surface area contributed by atoms with Gasteiger partial charge in [0.15, 0.2) is 0 Å². The van der Waals surface area contributed by atoms with Gasteiger partial charge in [0.1, 0.15) is 11.6 Å². The molecule has 2 rings (SSSR count). The van der Waals surface area contributed by atoms with Crippen LogP contribution in [-0.2, 0) is 6.42 Å². The van der Waals surface area contributed by atoms with Gasteiger partial charge in [-0.3, -0.25) is 0 Å². The molecular weight excluding hydrogens is 334 g/mol. The first kappa shape index (κ1) is 14.5. The van der Waals surface area contributed by atoms with Crippen molar-refractivity contribution in [2.45, 2.75) is 18.2 Å². The smallest absolute Gasteiger partial charge is 0.129 e. The van der Waals surface area contributed by atoms with E-state index in [2.05, 4.69) is 15.9 Å². The van der Waals surface area contributed by atoms with Crippen LogP contribution in [0.25, 0.3) is 0 Å². The Labute approximate surface area is 124 Å². The molecule has 1 unspecified atom stereocenters. The third-order valence-electron chi connectivity index (χ3n) is 2.96. The Morgan fingerprint density at radius 1 is 1.16 bits per heavy atom. The Balaban J connectivity index is 2.20. The van der Waals surface area contributed by atoms with E-state index >= 15 is 0 Å². The molecule has 2 aromatic rings. The summed E-state index contributed by atoms with van der Waals surface area (Å²) in [6.07, 6.45) is 0.452. The predicted molar refractivity (Wildman–Crippen MR) is 77.9 cm³/mol. The summed E-state index contributed by atoms with van der Waals surface area (Å²) in [4.78, 5) is -0.0385. The fourth-order valence-electron chi connectivity index (χ4n) is 1.86. The lowest BCUT2D eigenvalue weighted by Crippen LogP contribution is -1.99. The summed E-state index contributed by atoms with van der Waals surface area (Å²) in [7, 11) is 0. The number of hydrogen-bond donors (Lipinski definition) is 0. The zero-order valence-electron chi connectivity index (χ0n) is 10.3. The van der Waals surface area contributed by atoms with Gasteiger partial charge in [0, 0.05) is 15.9 Å². The molecule has 4 heteroatoms.